The number of carbonyl (C=O) groups excluding carboxylic acids is 2. The number of hydrogen-bond acceptors (Lipinski definition) is 7. The van der Waals surface area contributed by atoms with Gasteiger partial charge in [0, 0.05) is 16.8 Å². The van der Waals surface area contributed by atoms with E-state index in [1.54, 1.807) is 19.4 Å². The zero-order valence-corrected chi connectivity index (χ0v) is 13.0. The summed E-state index contributed by atoms with van der Waals surface area (Å²) in [5.74, 6) is -1.57. The van der Waals surface area contributed by atoms with E-state index in [1.165, 1.54) is 25.6 Å². The zero-order chi connectivity index (χ0) is 15.6. The third-order valence-corrected chi connectivity index (χ3v) is 3.92. The second kappa shape index (κ2) is 6.09. The van der Waals surface area contributed by atoms with Gasteiger partial charge in [0.2, 0.25) is 0 Å². The van der Waals surface area contributed by atoms with Gasteiger partial charge in [-0.05, 0) is 13.8 Å². The molecular formula is C14H16N2O4S. The molecule has 1 aliphatic rings. The molecule has 0 saturated heterocycles. The number of carbonyl (C=O) groups is 2. The molecule has 0 amide bonds. The molecule has 1 aromatic rings. The van der Waals surface area contributed by atoms with E-state index in [0.717, 1.165) is 0 Å². The Labute approximate surface area is 126 Å². The van der Waals surface area contributed by atoms with Crippen LogP contribution in [0.2, 0.25) is 0 Å². The lowest BCUT2D eigenvalue weighted by molar-refractivity contribution is -0.137. The fourth-order valence-electron chi connectivity index (χ4n) is 2.42. The molecular weight excluding hydrogens is 292 g/mol. The van der Waals surface area contributed by atoms with Gasteiger partial charge in [0.15, 0.2) is 0 Å². The first kappa shape index (κ1) is 15.2. The van der Waals surface area contributed by atoms with E-state index in [0.29, 0.717) is 28.2 Å². The molecule has 0 spiro atoms. The van der Waals surface area contributed by atoms with Crippen molar-refractivity contribution < 1.29 is 19.1 Å². The van der Waals surface area contributed by atoms with Gasteiger partial charge < -0.3 is 14.8 Å². The number of thiazole rings is 1. The highest BCUT2D eigenvalue weighted by Gasteiger charge is 2.38. The number of allylic oxidation sites excluding steroid dienone is 2. The second-order valence-electron chi connectivity index (χ2n) is 4.53. The molecule has 2 rings (SSSR count). The highest BCUT2D eigenvalue weighted by Crippen LogP contribution is 2.38. The number of esters is 2. The van der Waals surface area contributed by atoms with Gasteiger partial charge in [0.25, 0.3) is 0 Å². The number of nitrogens with zero attached hydrogens (tertiary/aromatic N) is 1. The average molecular weight is 308 g/mol. The zero-order valence-electron chi connectivity index (χ0n) is 12.2. The summed E-state index contributed by atoms with van der Waals surface area (Å²) in [6.07, 6.45) is 0. The number of methoxy groups -OCH3 is 2. The average Bonchev–Trinajstić information content (AvgIpc) is 2.99. The fraction of sp³-hybridized carbons (Fsp3) is 0.357. The fourth-order valence-corrected chi connectivity index (χ4v) is 3.00. The molecule has 0 aliphatic carbocycles. The molecule has 7 heteroatoms. The quantitative estimate of drug-likeness (QED) is 0.857. The minimum absolute atomic E-state index is 0.370. The molecule has 1 N–H and O–H groups in total. The molecule has 0 bridgehead atoms. The lowest BCUT2D eigenvalue weighted by Gasteiger charge is -2.28. The van der Waals surface area contributed by atoms with Crippen LogP contribution >= 0.6 is 11.3 Å². The number of dihydropyridines is 1. The molecule has 0 aromatic carbocycles. The van der Waals surface area contributed by atoms with Gasteiger partial charge in [-0.3, -0.25) is 0 Å². The standard InChI is InChI=1S/C14H16N2O4S/c1-7-10(13(17)19-3)12(9-5-21-6-15-9)11(8(2)16-7)14(18)20-4/h5-6,12,16H,1-4H3. The van der Waals surface area contributed by atoms with Crippen LogP contribution in [0.15, 0.2) is 33.4 Å². The Bertz CT molecular complexity index is 593. The van der Waals surface area contributed by atoms with E-state index < -0.39 is 17.9 Å². The SMILES string of the molecule is COC(=O)C1=C(C)NC(C)=C(C(=O)OC)C1c1cscn1. The van der Waals surface area contributed by atoms with Crippen LogP contribution in [0.3, 0.4) is 0 Å². The maximum absolute atomic E-state index is 12.1. The van der Waals surface area contributed by atoms with Gasteiger partial charge in [-0.1, -0.05) is 0 Å². The lowest BCUT2D eigenvalue weighted by Crippen LogP contribution is -2.32. The molecule has 0 unspecified atom stereocenters. The molecule has 0 radical (unpaired) electrons. The molecule has 0 fully saturated rings. The van der Waals surface area contributed by atoms with Crippen molar-refractivity contribution in [1.82, 2.24) is 10.3 Å². The van der Waals surface area contributed by atoms with Crippen LogP contribution < -0.4 is 5.32 Å². The topological polar surface area (TPSA) is 77.5 Å². The molecule has 0 saturated carbocycles. The van der Waals surface area contributed by atoms with Crippen molar-refractivity contribution in [3.63, 3.8) is 0 Å². The summed E-state index contributed by atoms with van der Waals surface area (Å²) in [6.45, 7) is 3.53. The maximum atomic E-state index is 12.1. The summed E-state index contributed by atoms with van der Waals surface area (Å²) in [7, 11) is 2.62. The summed E-state index contributed by atoms with van der Waals surface area (Å²) in [6, 6.07) is 0. The Morgan fingerprint density at radius 2 is 1.67 bits per heavy atom. The number of ether oxygens (including phenoxy) is 2. The maximum Gasteiger partial charge on any atom is 0.336 e. The van der Waals surface area contributed by atoms with E-state index >= 15 is 0 Å². The highest BCUT2D eigenvalue weighted by molar-refractivity contribution is 7.07. The molecule has 6 nitrogen and oxygen atoms in total. The van der Waals surface area contributed by atoms with Gasteiger partial charge in [0.05, 0.1) is 42.5 Å². The van der Waals surface area contributed by atoms with E-state index in [9.17, 15) is 9.59 Å². The summed E-state index contributed by atoms with van der Waals surface area (Å²) in [5, 5.41) is 4.84. The predicted molar refractivity (Wildman–Crippen MR) is 77.4 cm³/mol. The number of aromatic nitrogens is 1. The summed E-state index contributed by atoms with van der Waals surface area (Å²) >= 11 is 1.40. The molecule has 1 aromatic heterocycles. The Hall–Kier alpha value is -2.15. The first-order chi connectivity index (χ1) is 10.0. The molecule has 21 heavy (non-hydrogen) atoms. The van der Waals surface area contributed by atoms with Gasteiger partial charge in [-0.25, -0.2) is 14.6 Å². The van der Waals surface area contributed by atoms with E-state index in [4.69, 9.17) is 9.47 Å². The van der Waals surface area contributed by atoms with Crippen LogP contribution in [-0.4, -0.2) is 31.1 Å². The predicted octanol–water partition coefficient (Wildman–Crippen LogP) is 1.72. The van der Waals surface area contributed by atoms with Gasteiger partial charge in [-0.15, -0.1) is 11.3 Å². The van der Waals surface area contributed by atoms with Crippen molar-refractivity contribution >= 4 is 23.3 Å². The number of nitrogens with one attached hydrogen (secondary N) is 1. The first-order valence-electron chi connectivity index (χ1n) is 6.24. The van der Waals surface area contributed by atoms with Crippen LogP contribution in [0.1, 0.15) is 25.5 Å². The molecule has 1 aliphatic heterocycles. The lowest BCUT2D eigenvalue weighted by atomic mass is 9.83. The third-order valence-electron chi connectivity index (χ3n) is 3.32. The highest BCUT2D eigenvalue weighted by atomic mass is 32.1. The normalized spacial score (nSPS) is 15.8. The summed E-state index contributed by atoms with van der Waals surface area (Å²) in [4.78, 5) is 28.5. The molecule has 0 atom stereocenters. The number of hydrogen-bond donors (Lipinski definition) is 1. The van der Waals surface area contributed by atoms with E-state index in [1.807, 2.05) is 5.38 Å². The molecule has 112 valence electrons. The largest absolute Gasteiger partial charge is 0.466 e. The minimum Gasteiger partial charge on any atom is -0.466 e. The monoisotopic (exact) mass is 308 g/mol. The second-order valence-corrected chi connectivity index (χ2v) is 5.25. The Kier molecular flexibility index (Phi) is 4.42. The van der Waals surface area contributed by atoms with Crippen molar-refractivity contribution in [2.24, 2.45) is 0 Å². The van der Waals surface area contributed by atoms with Crippen molar-refractivity contribution in [3.05, 3.63) is 39.1 Å². The Balaban J connectivity index is 2.63. The van der Waals surface area contributed by atoms with Crippen LogP contribution in [0, 0.1) is 0 Å². The van der Waals surface area contributed by atoms with Crippen molar-refractivity contribution in [2.75, 3.05) is 14.2 Å². The third kappa shape index (κ3) is 2.69. The van der Waals surface area contributed by atoms with Crippen LogP contribution in [0.4, 0.5) is 0 Å². The van der Waals surface area contributed by atoms with Crippen LogP contribution in [0.25, 0.3) is 0 Å². The van der Waals surface area contributed by atoms with Crippen molar-refractivity contribution in [2.45, 2.75) is 19.8 Å². The minimum atomic E-state index is -0.586. The van der Waals surface area contributed by atoms with Crippen LogP contribution in [-0.2, 0) is 19.1 Å². The van der Waals surface area contributed by atoms with Gasteiger partial charge in [-0.2, -0.15) is 0 Å². The van der Waals surface area contributed by atoms with Crippen molar-refractivity contribution in [1.29, 1.82) is 0 Å². The van der Waals surface area contributed by atoms with Gasteiger partial charge in [0.1, 0.15) is 0 Å². The first-order valence-corrected chi connectivity index (χ1v) is 7.18. The molecule has 2 heterocycles. The van der Waals surface area contributed by atoms with E-state index in [2.05, 4.69) is 10.3 Å². The Morgan fingerprint density at radius 3 is 2.05 bits per heavy atom. The van der Waals surface area contributed by atoms with Gasteiger partial charge >= 0.3 is 11.9 Å². The summed E-state index contributed by atoms with van der Waals surface area (Å²) < 4.78 is 9.70. The summed E-state index contributed by atoms with van der Waals surface area (Å²) in [5.41, 5.74) is 4.31. The van der Waals surface area contributed by atoms with Crippen LogP contribution in [0.5, 0.6) is 0 Å². The smallest absolute Gasteiger partial charge is 0.336 e. The van der Waals surface area contributed by atoms with E-state index in [-0.39, 0.29) is 0 Å². The number of rotatable bonds is 3. The Morgan fingerprint density at radius 1 is 1.14 bits per heavy atom. The van der Waals surface area contributed by atoms with Crippen molar-refractivity contribution in [3.8, 4) is 0 Å².